The Labute approximate surface area is 211 Å². The van der Waals surface area contributed by atoms with Crippen molar-refractivity contribution in [2.75, 3.05) is 10.6 Å². The van der Waals surface area contributed by atoms with Crippen LogP contribution in [0.2, 0.25) is 0 Å². The monoisotopic (exact) mass is 500 g/mol. The summed E-state index contributed by atoms with van der Waals surface area (Å²) in [6.07, 6.45) is -0.320. The highest BCUT2D eigenvalue weighted by Gasteiger charge is 2.19. The molecule has 0 bridgehead atoms. The highest BCUT2D eigenvalue weighted by Crippen LogP contribution is 2.39. The van der Waals surface area contributed by atoms with E-state index in [0.717, 1.165) is 22.4 Å². The molecule has 1 atom stereocenters. The quantitative estimate of drug-likeness (QED) is 0.200. The van der Waals surface area contributed by atoms with Crippen molar-refractivity contribution in [3.63, 3.8) is 0 Å². The lowest BCUT2D eigenvalue weighted by atomic mass is 9.98. The highest BCUT2D eigenvalue weighted by molar-refractivity contribution is 7.50. The van der Waals surface area contributed by atoms with Crippen LogP contribution in [0.4, 0.5) is 11.4 Å². The number of amides is 1. The zero-order valence-corrected chi connectivity index (χ0v) is 20.9. The molecule has 6 nitrogen and oxygen atoms in total. The molecule has 184 valence electrons. The summed E-state index contributed by atoms with van der Waals surface area (Å²) in [7, 11) is -4.14. The van der Waals surface area contributed by atoms with Crippen LogP contribution in [-0.4, -0.2) is 15.7 Å². The molecule has 0 saturated heterocycles. The summed E-state index contributed by atoms with van der Waals surface area (Å²) in [6.45, 7) is 2.49. The Balaban J connectivity index is 1.52. The average molecular weight is 501 g/mol. The van der Waals surface area contributed by atoms with Gasteiger partial charge < -0.3 is 20.4 Å². The highest BCUT2D eigenvalue weighted by atomic mass is 31.2. The van der Waals surface area contributed by atoms with E-state index < -0.39 is 13.5 Å². The molecule has 0 spiro atoms. The number of hydrogen-bond acceptors (Lipinski definition) is 3. The van der Waals surface area contributed by atoms with Gasteiger partial charge in [-0.15, -0.1) is 0 Å². The molecule has 0 radical (unpaired) electrons. The second kappa shape index (κ2) is 11.4. The minimum atomic E-state index is -4.14. The number of rotatable bonds is 9. The van der Waals surface area contributed by atoms with Gasteiger partial charge in [0.25, 0.3) is 0 Å². The minimum absolute atomic E-state index is 0.167. The summed E-state index contributed by atoms with van der Waals surface area (Å²) in [5.41, 5.74) is 6.05. The van der Waals surface area contributed by atoms with Crippen LogP contribution in [0.15, 0.2) is 103 Å². The van der Waals surface area contributed by atoms with Crippen LogP contribution in [0.3, 0.4) is 0 Å². The van der Waals surface area contributed by atoms with E-state index >= 15 is 0 Å². The van der Waals surface area contributed by atoms with E-state index in [1.807, 2.05) is 73.7 Å². The number of carbonyl (C=O) groups is 1. The standard InChI is InChI=1S/C29H29N2O4P/c1-21(24-17-15-23(16-18-24)20-36(33,34)35)29(32)31-28-14-8-6-12-26(28)25-11-5-7-13-27(25)30-19-22-9-3-2-4-10-22/h2-18,21,30H,19-20H2,1H3,(H,31,32)(H2,33,34,35). The van der Waals surface area contributed by atoms with Crippen LogP contribution in [0.25, 0.3) is 11.1 Å². The molecular formula is C29H29N2O4P. The lowest BCUT2D eigenvalue weighted by Crippen LogP contribution is -2.19. The molecule has 0 aliphatic carbocycles. The molecule has 0 saturated carbocycles. The number of anilines is 2. The van der Waals surface area contributed by atoms with Crippen molar-refractivity contribution in [2.24, 2.45) is 0 Å². The van der Waals surface area contributed by atoms with E-state index in [9.17, 15) is 19.1 Å². The molecular weight excluding hydrogens is 471 g/mol. The zero-order valence-electron chi connectivity index (χ0n) is 20.0. The maximum Gasteiger partial charge on any atom is 0.329 e. The summed E-state index contributed by atoms with van der Waals surface area (Å²) < 4.78 is 11.2. The molecule has 0 aliphatic rings. The fraction of sp³-hybridized carbons (Fsp3) is 0.138. The summed E-state index contributed by atoms with van der Waals surface area (Å²) >= 11 is 0. The van der Waals surface area contributed by atoms with Crippen LogP contribution >= 0.6 is 7.60 Å². The van der Waals surface area contributed by atoms with Crippen molar-refractivity contribution in [1.29, 1.82) is 0 Å². The van der Waals surface area contributed by atoms with Gasteiger partial charge in [0.2, 0.25) is 5.91 Å². The third kappa shape index (κ3) is 6.70. The summed E-state index contributed by atoms with van der Waals surface area (Å²) in [5, 5.41) is 6.58. The van der Waals surface area contributed by atoms with Crippen molar-refractivity contribution >= 4 is 24.9 Å². The Morgan fingerprint density at radius 2 is 1.31 bits per heavy atom. The average Bonchev–Trinajstić information content (AvgIpc) is 2.88. The lowest BCUT2D eigenvalue weighted by molar-refractivity contribution is -0.117. The van der Waals surface area contributed by atoms with Gasteiger partial charge >= 0.3 is 7.60 Å². The Hall–Kier alpha value is -3.70. The number of carbonyl (C=O) groups excluding carboxylic acids is 1. The third-order valence-corrected chi connectivity index (χ3v) is 6.77. The predicted octanol–water partition coefficient (Wildman–Crippen LogP) is 6.39. The molecule has 4 N–H and O–H groups in total. The smallest absolute Gasteiger partial charge is 0.329 e. The fourth-order valence-corrected chi connectivity index (χ4v) is 4.72. The molecule has 36 heavy (non-hydrogen) atoms. The van der Waals surface area contributed by atoms with E-state index in [1.165, 1.54) is 5.56 Å². The van der Waals surface area contributed by atoms with Crippen LogP contribution in [-0.2, 0) is 22.1 Å². The Kier molecular flexibility index (Phi) is 8.01. The second-order valence-electron chi connectivity index (χ2n) is 8.71. The SMILES string of the molecule is CC(C(=O)Nc1ccccc1-c1ccccc1NCc1ccccc1)c1ccc(CP(=O)(O)O)cc1. The normalized spacial score (nSPS) is 12.1. The van der Waals surface area contributed by atoms with Crippen LogP contribution in [0, 0.1) is 0 Å². The summed E-state index contributed by atoms with van der Waals surface area (Å²) in [5.74, 6) is -0.617. The van der Waals surface area contributed by atoms with Crippen molar-refractivity contribution in [3.8, 4) is 11.1 Å². The maximum atomic E-state index is 13.2. The Morgan fingerprint density at radius 1 is 0.750 bits per heavy atom. The van der Waals surface area contributed by atoms with Crippen molar-refractivity contribution in [3.05, 3.63) is 120 Å². The van der Waals surface area contributed by atoms with Crippen LogP contribution in [0.1, 0.15) is 29.5 Å². The van der Waals surface area contributed by atoms with Gasteiger partial charge in [-0.1, -0.05) is 91.0 Å². The first-order valence-electron chi connectivity index (χ1n) is 11.7. The maximum absolute atomic E-state index is 13.2. The van der Waals surface area contributed by atoms with Crippen molar-refractivity contribution < 1.29 is 19.1 Å². The van der Waals surface area contributed by atoms with Crippen LogP contribution < -0.4 is 10.6 Å². The largest absolute Gasteiger partial charge is 0.380 e. The molecule has 0 aliphatic heterocycles. The Morgan fingerprint density at radius 3 is 1.94 bits per heavy atom. The molecule has 1 amide bonds. The van der Waals surface area contributed by atoms with Crippen molar-refractivity contribution in [2.45, 2.75) is 25.5 Å². The lowest BCUT2D eigenvalue weighted by Gasteiger charge is -2.18. The van der Waals surface area contributed by atoms with Crippen molar-refractivity contribution in [1.82, 2.24) is 0 Å². The number of benzene rings is 4. The number of para-hydroxylation sites is 2. The fourth-order valence-electron chi connectivity index (χ4n) is 4.03. The predicted molar refractivity (Wildman–Crippen MR) is 145 cm³/mol. The summed E-state index contributed by atoms with van der Waals surface area (Å²) in [4.78, 5) is 31.5. The van der Waals surface area contributed by atoms with E-state index in [-0.39, 0.29) is 12.1 Å². The number of hydrogen-bond donors (Lipinski definition) is 4. The van der Waals surface area contributed by atoms with Gasteiger partial charge in [-0.25, -0.2) is 0 Å². The van der Waals surface area contributed by atoms with Gasteiger partial charge in [0.1, 0.15) is 0 Å². The first-order chi connectivity index (χ1) is 17.3. The summed E-state index contributed by atoms with van der Waals surface area (Å²) in [6, 6.07) is 32.7. The van der Waals surface area contributed by atoms with Crippen LogP contribution in [0.5, 0.6) is 0 Å². The van der Waals surface area contributed by atoms with Gasteiger partial charge in [0, 0.05) is 29.0 Å². The first-order valence-corrected chi connectivity index (χ1v) is 13.5. The zero-order chi connectivity index (χ0) is 25.5. The van der Waals surface area contributed by atoms with E-state index in [4.69, 9.17) is 0 Å². The topological polar surface area (TPSA) is 98.7 Å². The molecule has 0 fully saturated rings. The minimum Gasteiger partial charge on any atom is -0.380 e. The van der Waals surface area contributed by atoms with E-state index in [0.29, 0.717) is 17.8 Å². The van der Waals surface area contributed by atoms with E-state index in [2.05, 4.69) is 22.8 Å². The van der Waals surface area contributed by atoms with Gasteiger partial charge in [-0.3, -0.25) is 9.36 Å². The Bertz CT molecular complexity index is 1370. The molecule has 4 aromatic carbocycles. The van der Waals surface area contributed by atoms with Gasteiger partial charge in [0.15, 0.2) is 0 Å². The molecule has 0 heterocycles. The van der Waals surface area contributed by atoms with Gasteiger partial charge in [0.05, 0.1) is 12.1 Å². The molecule has 0 aromatic heterocycles. The molecule has 1 unspecified atom stereocenters. The first kappa shape index (κ1) is 25.4. The third-order valence-electron chi connectivity index (χ3n) is 5.99. The second-order valence-corrected chi connectivity index (χ2v) is 10.4. The molecule has 7 heteroatoms. The molecule has 4 aromatic rings. The van der Waals surface area contributed by atoms with Gasteiger partial charge in [-0.2, -0.15) is 0 Å². The number of nitrogens with one attached hydrogen (secondary N) is 2. The van der Waals surface area contributed by atoms with E-state index in [1.54, 1.807) is 24.3 Å². The molecule has 4 rings (SSSR count). The van der Waals surface area contributed by atoms with Gasteiger partial charge in [-0.05, 0) is 35.7 Å².